The van der Waals surface area contributed by atoms with E-state index in [1.165, 1.54) is 23.5 Å². The van der Waals surface area contributed by atoms with E-state index in [2.05, 4.69) is 16.9 Å². The molecule has 0 N–H and O–H groups in total. The number of carbonyl (C=O) groups is 1. The zero-order chi connectivity index (χ0) is 13.0. The van der Waals surface area contributed by atoms with E-state index in [0.717, 1.165) is 5.75 Å². The summed E-state index contributed by atoms with van der Waals surface area (Å²) in [7, 11) is 0. The first-order chi connectivity index (χ1) is 8.69. The van der Waals surface area contributed by atoms with Gasteiger partial charge in [0.2, 0.25) is 0 Å². The number of rotatable bonds is 4. The Hall–Kier alpha value is -2.23. The highest BCUT2D eigenvalue weighted by atomic mass is 16.5. The molecule has 0 unspecified atom stereocenters. The van der Waals surface area contributed by atoms with Crippen molar-refractivity contribution in [3.05, 3.63) is 53.1 Å². The summed E-state index contributed by atoms with van der Waals surface area (Å²) >= 11 is 0. The van der Waals surface area contributed by atoms with Crippen LogP contribution in [0.15, 0.2) is 30.6 Å². The first-order valence-corrected chi connectivity index (χ1v) is 5.65. The maximum Gasteiger partial charge on any atom is 0.166 e. The van der Waals surface area contributed by atoms with Crippen molar-refractivity contribution in [2.45, 2.75) is 20.5 Å². The number of aromatic nitrogens is 2. The van der Waals surface area contributed by atoms with Crippen LogP contribution in [0.1, 0.15) is 27.3 Å². The van der Waals surface area contributed by atoms with Crippen LogP contribution in [0, 0.1) is 13.8 Å². The summed E-state index contributed by atoms with van der Waals surface area (Å²) in [6.07, 6.45) is 3.69. The molecule has 0 aliphatic carbocycles. The molecule has 92 valence electrons. The second kappa shape index (κ2) is 5.40. The van der Waals surface area contributed by atoms with Crippen LogP contribution in [-0.2, 0) is 6.61 Å². The minimum Gasteiger partial charge on any atom is -0.486 e. The van der Waals surface area contributed by atoms with E-state index in [-0.39, 0.29) is 0 Å². The van der Waals surface area contributed by atoms with Crippen LogP contribution in [0.2, 0.25) is 0 Å². The van der Waals surface area contributed by atoms with Gasteiger partial charge in [-0.1, -0.05) is 6.07 Å². The van der Waals surface area contributed by atoms with Gasteiger partial charge in [-0.2, -0.15) is 0 Å². The zero-order valence-corrected chi connectivity index (χ0v) is 10.4. The Labute approximate surface area is 106 Å². The lowest BCUT2D eigenvalue weighted by molar-refractivity contribution is 0.112. The number of ether oxygens (including phenoxy) is 1. The topological polar surface area (TPSA) is 52.1 Å². The Bertz CT molecular complexity index is 550. The highest BCUT2D eigenvalue weighted by Crippen LogP contribution is 2.17. The third kappa shape index (κ3) is 2.91. The van der Waals surface area contributed by atoms with Crippen LogP contribution < -0.4 is 4.74 Å². The van der Waals surface area contributed by atoms with Gasteiger partial charge in [-0.05, 0) is 37.1 Å². The molecular formula is C14H14N2O2. The predicted molar refractivity (Wildman–Crippen MR) is 67.7 cm³/mol. The van der Waals surface area contributed by atoms with Gasteiger partial charge < -0.3 is 4.74 Å². The van der Waals surface area contributed by atoms with Gasteiger partial charge in [-0.3, -0.25) is 4.79 Å². The lowest BCUT2D eigenvalue weighted by atomic mass is 10.1. The SMILES string of the molecule is Cc1ccc(OCc2ncc(C=O)cn2)cc1C. The molecule has 0 spiro atoms. The van der Waals surface area contributed by atoms with Crippen molar-refractivity contribution in [1.29, 1.82) is 0 Å². The largest absolute Gasteiger partial charge is 0.486 e. The maximum absolute atomic E-state index is 10.5. The van der Waals surface area contributed by atoms with Crippen molar-refractivity contribution in [1.82, 2.24) is 9.97 Å². The average Bonchev–Trinajstić information content (AvgIpc) is 2.41. The molecule has 0 saturated heterocycles. The zero-order valence-electron chi connectivity index (χ0n) is 10.4. The molecule has 0 fully saturated rings. The Balaban J connectivity index is 2.01. The molecule has 1 aromatic carbocycles. The van der Waals surface area contributed by atoms with Crippen molar-refractivity contribution in [2.75, 3.05) is 0 Å². The molecule has 1 aromatic heterocycles. The minimum atomic E-state index is 0.293. The van der Waals surface area contributed by atoms with E-state index in [1.807, 2.05) is 25.1 Å². The number of hydrogen-bond acceptors (Lipinski definition) is 4. The van der Waals surface area contributed by atoms with E-state index in [0.29, 0.717) is 24.3 Å². The normalized spacial score (nSPS) is 10.1. The van der Waals surface area contributed by atoms with E-state index in [9.17, 15) is 4.79 Å². The lowest BCUT2D eigenvalue weighted by Gasteiger charge is -2.07. The van der Waals surface area contributed by atoms with Gasteiger partial charge in [0.1, 0.15) is 12.4 Å². The molecule has 0 aliphatic rings. The van der Waals surface area contributed by atoms with Crippen LogP contribution in [0.4, 0.5) is 0 Å². The smallest absolute Gasteiger partial charge is 0.166 e. The number of hydrogen-bond donors (Lipinski definition) is 0. The second-order valence-electron chi connectivity index (χ2n) is 4.09. The maximum atomic E-state index is 10.5. The summed E-state index contributed by atoms with van der Waals surface area (Å²) in [5.74, 6) is 1.35. The lowest BCUT2D eigenvalue weighted by Crippen LogP contribution is -2.02. The van der Waals surface area contributed by atoms with Crippen molar-refractivity contribution in [2.24, 2.45) is 0 Å². The fourth-order valence-electron chi connectivity index (χ4n) is 1.45. The first-order valence-electron chi connectivity index (χ1n) is 5.65. The highest BCUT2D eigenvalue weighted by molar-refractivity contribution is 5.73. The van der Waals surface area contributed by atoms with Crippen LogP contribution in [-0.4, -0.2) is 16.3 Å². The number of nitrogens with zero attached hydrogens (tertiary/aromatic N) is 2. The van der Waals surface area contributed by atoms with Crippen molar-refractivity contribution >= 4 is 6.29 Å². The summed E-state index contributed by atoms with van der Waals surface area (Å²) in [6, 6.07) is 5.91. The van der Waals surface area contributed by atoms with Crippen LogP contribution in [0.5, 0.6) is 5.75 Å². The van der Waals surface area contributed by atoms with Crippen molar-refractivity contribution in [3.8, 4) is 5.75 Å². The Morgan fingerprint density at radius 1 is 1.17 bits per heavy atom. The molecule has 0 amide bonds. The van der Waals surface area contributed by atoms with Gasteiger partial charge in [0.15, 0.2) is 12.1 Å². The standard InChI is InChI=1S/C14H14N2O2/c1-10-3-4-13(5-11(10)2)18-9-14-15-6-12(8-17)7-16-14/h3-8H,9H2,1-2H3. The van der Waals surface area contributed by atoms with Gasteiger partial charge in [0.25, 0.3) is 0 Å². The van der Waals surface area contributed by atoms with E-state index in [1.54, 1.807) is 0 Å². The molecular weight excluding hydrogens is 228 g/mol. The first kappa shape index (κ1) is 12.2. The van der Waals surface area contributed by atoms with E-state index in [4.69, 9.17) is 4.74 Å². The fourth-order valence-corrected chi connectivity index (χ4v) is 1.45. The third-order valence-electron chi connectivity index (χ3n) is 2.71. The number of carbonyl (C=O) groups excluding carboxylic acids is 1. The fraction of sp³-hybridized carbons (Fsp3) is 0.214. The molecule has 0 atom stereocenters. The number of aryl methyl sites for hydroxylation is 2. The van der Waals surface area contributed by atoms with Gasteiger partial charge >= 0.3 is 0 Å². The molecule has 4 heteroatoms. The summed E-state index contributed by atoms with van der Waals surface area (Å²) in [4.78, 5) is 18.5. The van der Waals surface area contributed by atoms with Crippen molar-refractivity contribution < 1.29 is 9.53 Å². The molecule has 1 heterocycles. The number of aldehydes is 1. The summed E-state index contributed by atoms with van der Waals surface area (Å²) in [6.45, 7) is 4.39. The van der Waals surface area contributed by atoms with Crippen LogP contribution in [0.3, 0.4) is 0 Å². The summed E-state index contributed by atoms with van der Waals surface area (Å²) in [5.41, 5.74) is 2.88. The molecule has 2 rings (SSSR count). The average molecular weight is 242 g/mol. The molecule has 18 heavy (non-hydrogen) atoms. The minimum absolute atomic E-state index is 0.293. The predicted octanol–water partition coefficient (Wildman–Crippen LogP) is 2.48. The van der Waals surface area contributed by atoms with Crippen LogP contribution in [0.25, 0.3) is 0 Å². The molecule has 0 bridgehead atoms. The molecule has 0 saturated carbocycles. The molecule has 2 aromatic rings. The highest BCUT2D eigenvalue weighted by Gasteiger charge is 2.01. The molecule has 0 radical (unpaired) electrons. The van der Waals surface area contributed by atoms with Crippen LogP contribution >= 0.6 is 0 Å². The summed E-state index contributed by atoms with van der Waals surface area (Å²) < 4.78 is 5.59. The number of benzene rings is 1. The van der Waals surface area contributed by atoms with E-state index < -0.39 is 0 Å². The van der Waals surface area contributed by atoms with Gasteiger partial charge in [-0.15, -0.1) is 0 Å². The Kier molecular flexibility index (Phi) is 3.67. The van der Waals surface area contributed by atoms with Gasteiger partial charge in [-0.25, -0.2) is 9.97 Å². The third-order valence-corrected chi connectivity index (χ3v) is 2.71. The second-order valence-corrected chi connectivity index (χ2v) is 4.09. The molecule has 4 nitrogen and oxygen atoms in total. The van der Waals surface area contributed by atoms with Gasteiger partial charge in [0.05, 0.1) is 5.56 Å². The quantitative estimate of drug-likeness (QED) is 0.773. The monoisotopic (exact) mass is 242 g/mol. The summed E-state index contributed by atoms with van der Waals surface area (Å²) in [5, 5.41) is 0. The Morgan fingerprint density at radius 2 is 1.89 bits per heavy atom. The van der Waals surface area contributed by atoms with E-state index >= 15 is 0 Å². The Morgan fingerprint density at radius 3 is 2.50 bits per heavy atom. The van der Waals surface area contributed by atoms with Crippen molar-refractivity contribution in [3.63, 3.8) is 0 Å². The molecule has 0 aliphatic heterocycles. The van der Waals surface area contributed by atoms with Gasteiger partial charge in [0, 0.05) is 12.4 Å².